The van der Waals surface area contributed by atoms with Gasteiger partial charge >= 0.3 is 0 Å². The van der Waals surface area contributed by atoms with Gasteiger partial charge in [0, 0.05) is 12.6 Å². The minimum absolute atomic E-state index is 0.531. The number of hydrogen-bond donors (Lipinski definition) is 3. The van der Waals surface area contributed by atoms with Crippen molar-refractivity contribution >= 4 is 5.96 Å². The third-order valence-electron chi connectivity index (χ3n) is 9.45. The molecule has 1 heterocycles. The summed E-state index contributed by atoms with van der Waals surface area (Å²) in [5.74, 6) is 6.82. The fourth-order valence-electron chi connectivity index (χ4n) is 8.97. The summed E-state index contributed by atoms with van der Waals surface area (Å²) in [6, 6.07) is 0.583. The average Bonchev–Trinajstić information content (AvgIpc) is 3.26. The predicted octanol–water partition coefficient (Wildman–Crippen LogP) is 0.884. The molecule has 2 bridgehead atoms. The topological polar surface area (TPSA) is 73.9 Å². The second-order valence-corrected chi connectivity index (χ2v) is 9.83. The number of hydrogen-bond acceptors (Lipinski definition) is 3. The Morgan fingerprint density at radius 2 is 2.00 bits per heavy atom. The summed E-state index contributed by atoms with van der Waals surface area (Å²) < 4.78 is 0. The molecular formula is C20H32N4O. The van der Waals surface area contributed by atoms with E-state index >= 15 is 0 Å². The summed E-state index contributed by atoms with van der Waals surface area (Å²) in [5.41, 5.74) is 5.63. The molecule has 5 nitrogen and oxygen atoms in total. The van der Waals surface area contributed by atoms with E-state index in [0.717, 1.165) is 48.6 Å². The maximum absolute atomic E-state index is 11.6. The van der Waals surface area contributed by atoms with Crippen LogP contribution in [0.4, 0.5) is 0 Å². The third-order valence-corrected chi connectivity index (χ3v) is 9.45. The number of nitrogens with zero attached hydrogens (tertiary/aromatic N) is 2. The Bertz CT molecular complexity index is 617. The fourth-order valence-corrected chi connectivity index (χ4v) is 8.97. The van der Waals surface area contributed by atoms with E-state index < -0.39 is 5.60 Å². The van der Waals surface area contributed by atoms with Gasteiger partial charge in [0.2, 0.25) is 0 Å². The van der Waals surface area contributed by atoms with Gasteiger partial charge in [0.25, 0.3) is 0 Å². The van der Waals surface area contributed by atoms with Crippen LogP contribution < -0.4 is 11.1 Å². The number of aliphatic imine (C=N–C) groups is 1. The third kappa shape index (κ3) is 1.70. The van der Waals surface area contributed by atoms with Gasteiger partial charge in [0.15, 0.2) is 5.96 Å². The number of guanidine groups is 1. The van der Waals surface area contributed by atoms with E-state index in [4.69, 9.17) is 5.73 Å². The molecule has 0 aromatic carbocycles. The van der Waals surface area contributed by atoms with E-state index in [1.165, 1.54) is 32.2 Å². The van der Waals surface area contributed by atoms with Crippen molar-refractivity contribution in [3.8, 4) is 0 Å². The van der Waals surface area contributed by atoms with Gasteiger partial charge in [-0.15, -0.1) is 0 Å². The number of likely N-dealkylation sites (N-methyl/N-ethyl adjacent to an activating group) is 1. The highest BCUT2D eigenvalue weighted by Crippen LogP contribution is 2.85. The molecule has 10 atom stereocenters. The van der Waals surface area contributed by atoms with Crippen molar-refractivity contribution in [2.75, 3.05) is 26.2 Å². The van der Waals surface area contributed by atoms with E-state index in [1.54, 1.807) is 0 Å². The minimum Gasteiger partial charge on any atom is -0.387 e. The summed E-state index contributed by atoms with van der Waals surface area (Å²) in [5, 5.41) is 14.9. The summed E-state index contributed by atoms with van der Waals surface area (Å²) in [7, 11) is 0. The van der Waals surface area contributed by atoms with E-state index in [-0.39, 0.29) is 0 Å². The standard InChI is InChI=1S/C20H32N4O/c1-2-24-5-3-4-10(24)8-22-19(21)23-9-20(25)17-12-7-13-15-11(12)6-14(17)16(15)18(13)20/h10-18,25H,2-9H2,1H3,(H3,21,22,23). The summed E-state index contributed by atoms with van der Waals surface area (Å²) in [4.78, 5) is 7.17. The number of likely N-dealkylation sites (tertiary alicyclic amines) is 1. The zero-order valence-corrected chi connectivity index (χ0v) is 15.3. The van der Waals surface area contributed by atoms with Crippen molar-refractivity contribution in [3.05, 3.63) is 0 Å². The number of aliphatic hydroxyl groups is 1. The predicted molar refractivity (Wildman–Crippen MR) is 96.9 cm³/mol. The maximum atomic E-state index is 11.6. The monoisotopic (exact) mass is 344 g/mol. The van der Waals surface area contributed by atoms with Gasteiger partial charge in [0.1, 0.15) is 0 Å². The van der Waals surface area contributed by atoms with Gasteiger partial charge in [-0.1, -0.05) is 6.92 Å². The zero-order valence-electron chi connectivity index (χ0n) is 15.3. The lowest BCUT2D eigenvalue weighted by molar-refractivity contribution is -0.123. The van der Waals surface area contributed by atoms with Gasteiger partial charge in [-0.25, -0.2) is 0 Å². The lowest BCUT2D eigenvalue weighted by Gasteiger charge is -2.51. The van der Waals surface area contributed by atoms with Gasteiger partial charge < -0.3 is 16.2 Å². The van der Waals surface area contributed by atoms with Crippen molar-refractivity contribution < 1.29 is 5.11 Å². The summed E-state index contributed by atoms with van der Waals surface area (Å²) in [6.07, 6.45) is 5.35. The molecule has 0 spiro atoms. The number of rotatable bonds is 5. The van der Waals surface area contributed by atoms with Crippen LogP contribution in [0.5, 0.6) is 0 Å². The molecule has 5 heteroatoms. The molecule has 1 aliphatic heterocycles. The van der Waals surface area contributed by atoms with Crippen LogP contribution in [0.15, 0.2) is 4.99 Å². The molecule has 138 valence electrons. The van der Waals surface area contributed by atoms with Gasteiger partial charge in [-0.3, -0.25) is 9.89 Å². The molecule has 4 N–H and O–H groups in total. The van der Waals surface area contributed by atoms with E-state index in [9.17, 15) is 5.11 Å². The Hall–Kier alpha value is -0.810. The normalized spacial score (nSPS) is 57.7. The lowest BCUT2D eigenvalue weighted by atomic mass is 9.56. The quantitative estimate of drug-likeness (QED) is 0.511. The second kappa shape index (κ2) is 4.92. The van der Waals surface area contributed by atoms with E-state index in [2.05, 4.69) is 22.1 Å². The van der Waals surface area contributed by atoms with Crippen LogP contribution in [-0.4, -0.2) is 53.8 Å². The molecule has 6 fully saturated rings. The van der Waals surface area contributed by atoms with E-state index in [0.29, 0.717) is 30.4 Å². The van der Waals surface area contributed by atoms with Crippen LogP contribution in [0.25, 0.3) is 0 Å². The number of nitrogens with one attached hydrogen (secondary N) is 1. The van der Waals surface area contributed by atoms with Crippen molar-refractivity contribution in [2.45, 2.75) is 44.2 Å². The number of fused-ring (bicyclic) bond motifs is 2. The Balaban J connectivity index is 1.13. The highest BCUT2D eigenvalue weighted by Gasteiger charge is 2.84. The number of nitrogens with two attached hydrogens (primary N) is 1. The molecule has 5 aliphatic carbocycles. The van der Waals surface area contributed by atoms with Crippen LogP contribution in [0.3, 0.4) is 0 Å². The first-order chi connectivity index (χ1) is 12.1. The Kier molecular flexibility index (Phi) is 3.00. The maximum Gasteiger partial charge on any atom is 0.188 e. The first-order valence-electron chi connectivity index (χ1n) is 10.6. The molecule has 25 heavy (non-hydrogen) atoms. The molecule has 0 radical (unpaired) electrons. The van der Waals surface area contributed by atoms with Crippen LogP contribution in [-0.2, 0) is 0 Å². The molecule has 0 amide bonds. The summed E-state index contributed by atoms with van der Waals surface area (Å²) in [6.45, 7) is 5.96. The van der Waals surface area contributed by atoms with Gasteiger partial charge in [0.05, 0.1) is 12.1 Å². The summed E-state index contributed by atoms with van der Waals surface area (Å²) >= 11 is 0. The Morgan fingerprint density at radius 1 is 1.20 bits per heavy atom. The SMILES string of the molecule is CCN1CCCC1CNC(N)=NCC1(O)C2C3CC4C5C3CC2C5C41. The van der Waals surface area contributed by atoms with Crippen LogP contribution in [0.1, 0.15) is 32.6 Å². The second-order valence-electron chi connectivity index (χ2n) is 9.83. The van der Waals surface area contributed by atoms with Crippen LogP contribution >= 0.6 is 0 Å². The molecule has 10 unspecified atom stereocenters. The van der Waals surface area contributed by atoms with Crippen molar-refractivity contribution in [1.82, 2.24) is 10.2 Å². The smallest absolute Gasteiger partial charge is 0.188 e. The molecule has 5 saturated carbocycles. The highest BCUT2D eigenvalue weighted by molar-refractivity contribution is 5.77. The average molecular weight is 345 g/mol. The van der Waals surface area contributed by atoms with Crippen LogP contribution in [0.2, 0.25) is 0 Å². The highest BCUT2D eigenvalue weighted by atomic mass is 16.3. The minimum atomic E-state index is -0.542. The molecule has 6 rings (SSSR count). The Labute approximate surface area is 150 Å². The molecular weight excluding hydrogens is 312 g/mol. The van der Waals surface area contributed by atoms with E-state index in [1.807, 2.05) is 0 Å². The Morgan fingerprint density at radius 3 is 2.84 bits per heavy atom. The molecule has 0 aromatic rings. The largest absolute Gasteiger partial charge is 0.387 e. The molecule has 1 saturated heterocycles. The molecule has 0 aromatic heterocycles. The van der Waals surface area contributed by atoms with Gasteiger partial charge in [-0.05, 0) is 86.1 Å². The van der Waals surface area contributed by atoms with Crippen molar-refractivity contribution in [3.63, 3.8) is 0 Å². The van der Waals surface area contributed by atoms with Crippen molar-refractivity contribution in [1.29, 1.82) is 0 Å². The first-order valence-corrected chi connectivity index (χ1v) is 10.6. The zero-order chi connectivity index (χ0) is 16.9. The van der Waals surface area contributed by atoms with Gasteiger partial charge in [-0.2, -0.15) is 0 Å². The fraction of sp³-hybridized carbons (Fsp3) is 0.950. The lowest BCUT2D eigenvalue weighted by Crippen LogP contribution is -2.56. The molecule has 6 aliphatic rings. The van der Waals surface area contributed by atoms with Crippen molar-refractivity contribution in [2.24, 2.45) is 58.1 Å². The van der Waals surface area contributed by atoms with Crippen LogP contribution in [0, 0.1) is 47.3 Å². The first kappa shape index (κ1) is 15.3.